The Kier molecular flexibility index (Phi) is 7.06. The lowest BCUT2D eigenvalue weighted by Crippen LogP contribution is -2.36. The van der Waals surface area contributed by atoms with Crippen LogP contribution in [-0.4, -0.2) is 38.7 Å². The number of hydrogen-bond donors (Lipinski definition) is 0. The largest absolute Gasteiger partial charge is 0.460 e. The summed E-state index contributed by atoms with van der Waals surface area (Å²) in [4.78, 5) is 26.2. The third kappa shape index (κ3) is 5.48. The Morgan fingerprint density at radius 3 is 2.38 bits per heavy atom. The zero-order chi connectivity index (χ0) is 19.3. The van der Waals surface area contributed by atoms with Crippen molar-refractivity contribution in [1.82, 2.24) is 0 Å². The van der Waals surface area contributed by atoms with Gasteiger partial charge in [0.1, 0.15) is 6.10 Å². The normalized spacial score (nSPS) is 22.8. The smallest absolute Gasteiger partial charge is 0.344 e. The van der Waals surface area contributed by atoms with Gasteiger partial charge in [0.2, 0.25) is 0 Å². The Morgan fingerprint density at radius 1 is 1.15 bits per heavy atom. The third-order valence-electron chi connectivity index (χ3n) is 5.18. The van der Waals surface area contributed by atoms with Gasteiger partial charge in [-0.05, 0) is 54.9 Å². The van der Waals surface area contributed by atoms with Crippen LogP contribution in [-0.2, 0) is 14.3 Å². The highest BCUT2D eigenvalue weighted by molar-refractivity contribution is 5.91. The van der Waals surface area contributed by atoms with Crippen LogP contribution in [0.2, 0.25) is 0 Å². The van der Waals surface area contributed by atoms with Crippen molar-refractivity contribution >= 4 is 17.6 Å². The van der Waals surface area contributed by atoms with Gasteiger partial charge in [0.05, 0.1) is 5.56 Å². The van der Waals surface area contributed by atoms with Crippen molar-refractivity contribution < 1.29 is 19.1 Å². The minimum Gasteiger partial charge on any atom is -0.460 e. The quantitative estimate of drug-likeness (QED) is 0.719. The number of hydrogen-bond acceptors (Lipinski definition) is 5. The average molecular weight is 361 g/mol. The summed E-state index contributed by atoms with van der Waals surface area (Å²) in [5.74, 6) is 0.431. The summed E-state index contributed by atoms with van der Waals surface area (Å²) in [6.45, 7) is 6.18. The Labute approximate surface area is 156 Å². The number of nitrogens with zero attached hydrogens (tertiary/aromatic N) is 1. The zero-order valence-electron chi connectivity index (χ0n) is 16.5. The molecule has 0 aromatic heterocycles. The van der Waals surface area contributed by atoms with Gasteiger partial charge in [-0.3, -0.25) is 0 Å². The summed E-state index contributed by atoms with van der Waals surface area (Å²) in [5, 5.41) is 0. The van der Waals surface area contributed by atoms with Crippen LogP contribution in [0.15, 0.2) is 24.3 Å². The van der Waals surface area contributed by atoms with Crippen molar-refractivity contribution in [1.29, 1.82) is 0 Å². The predicted octanol–water partition coefficient (Wildman–Crippen LogP) is 3.91. The average Bonchev–Trinajstić information content (AvgIpc) is 2.59. The molecule has 2 rings (SSSR count). The molecule has 0 bridgehead atoms. The summed E-state index contributed by atoms with van der Waals surface area (Å²) in [5.41, 5.74) is 1.42. The molecule has 144 valence electrons. The standard InChI is InChI=1S/C21H31NO4/c1-14(2)18-11-6-15(3)12-19(18)26-20(23)13-25-21(24)16-7-9-17(10-8-16)22(4)5/h7-10,14-15,18-19H,6,11-13H2,1-5H3/t15-,18-,19+/m0/s1. The molecule has 0 aliphatic heterocycles. The first-order chi connectivity index (χ1) is 12.3. The molecule has 3 atom stereocenters. The zero-order valence-corrected chi connectivity index (χ0v) is 16.5. The van der Waals surface area contributed by atoms with Gasteiger partial charge in [0, 0.05) is 19.8 Å². The Hall–Kier alpha value is -2.04. The molecule has 1 aromatic carbocycles. The fourth-order valence-corrected chi connectivity index (χ4v) is 3.56. The van der Waals surface area contributed by atoms with E-state index in [9.17, 15) is 9.59 Å². The van der Waals surface area contributed by atoms with Crippen LogP contribution < -0.4 is 4.90 Å². The highest BCUT2D eigenvalue weighted by atomic mass is 16.6. The molecule has 0 unspecified atom stereocenters. The van der Waals surface area contributed by atoms with E-state index in [0.29, 0.717) is 23.3 Å². The van der Waals surface area contributed by atoms with Crippen molar-refractivity contribution in [3.05, 3.63) is 29.8 Å². The van der Waals surface area contributed by atoms with Gasteiger partial charge in [0.25, 0.3) is 0 Å². The molecule has 5 heteroatoms. The molecule has 1 aromatic rings. The van der Waals surface area contributed by atoms with Crippen LogP contribution in [0.5, 0.6) is 0 Å². The fourth-order valence-electron chi connectivity index (χ4n) is 3.56. The molecule has 0 saturated heterocycles. The second-order valence-corrected chi connectivity index (χ2v) is 7.87. The molecule has 0 amide bonds. The molecular formula is C21H31NO4. The Balaban J connectivity index is 1.86. The van der Waals surface area contributed by atoms with Crippen molar-refractivity contribution in [2.45, 2.75) is 46.1 Å². The van der Waals surface area contributed by atoms with Crippen molar-refractivity contribution in [2.24, 2.45) is 17.8 Å². The van der Waals surface area contributed by atoms with Crippen molar-refractivity contribution in [2.75, 3.05) is 25.6 Å². The SMILES string of the molecule is CC(C)[C@@H]1CC[C@H](C)C[C@H]1OC(=O)COC(=O)c1ccc(N(C)C)cc1. The molecule has 0 heterocycles. The molecule has 0 radical (unpaired) electrons. The van der Waals surface area contributed by atoms with E-state index in [1.165, 1.54) is 6.42 Å². The second-order valence-electron chi connectivity index (χ2n) is 7.87. The molecule has 26 heavy (non-hydrogen) atoms. The van der Waals surface area contributed by atoms with Gasteiger partial charge < -0.3 is 14.4 Å². The topological polar surface area (TPSA) is 55.8 Å². The molecule has 1 fully saturated rings. The number of rotatable bonds is 6. The van der Waals surface area contributed by atoms with Crippen molar-refractivity contribution in [3.63, 3.8) is 0 Å². The number of benzene rings is 1. The molecule has 0 spiro atoms. The molecule has 1 aliphatic rings. The maximum Gasteiger partial charge on any atom is 0.344 e. The van der Waals surface area contributed by atoms with E-state index >= 15 is 0 Å². The van der Waals surface area contributed by atoms with Gasteiger partial charge in [-0.15, -0.1) is 0 Å². The monoisotopic (exact) mass is 361 g/mol. The van der Waals surface area contributed by atoms with Crippen molar-refractivity contribution in [3.8, 4) is 0 Å². The van der Waals surface area contributed by atoms with Gasteiger partial charge in [-0.2, -0.15) is 0 Å². The lowest BCUT2D eigenvalue weighted by Gasteiger charge is -2.36. The van der Waals surface area contributed by atoms with E-state index in [1.54, 1.807) is 12.1 Å². The maximum absolute atomic E-state index is 12.2. The summed E-state index contributed by atoms with van der Waals surface area (Å²) < 4.78 is 10.8. The van der Waals surface area contributed by atoms with E-state index in [0.717, 1.165) is 18.5 Å². The minimum absolute atomic E-state index is 0.0793. The van der Waals surface area contributed by atoms with Gasteiger partial charge >= 0.3 is 11.9 Å². The van der Waals surface area contributed by atoms with E-state index in [2.05, 4.69) is 20.8 Å². The Morgan fingerprint density at radius 2 is 1.81 bits per heavy atom. The molecule has 1 saturated carbocycles. The van der Waals surface area contributed by atoms with E-state index < -0.39 is 11.9 Å². The second kappa shape index (κ2) is 9.06. The summed E-state index contributed by atoms with van der Waals surface area (Å²) >= 11 is 0. The van der Waals surface area contributed by atoms with E-state index in [-0.39, 0.29) is 12.7 Å². The highest BCUT2D eigenvalue weighted by Gasteiger charge is 2.33. The van der Waals surface area contributed by atoms with Crippen LogP contribution in [0.3, 0.4) is 0 Å². The fraction of sp³-hybridized carbons (Fsp3) is 0.619. The van der Waals surface area contributed by atoms with Crippen LogP contribution in [0.25, 0.3) is 0 Å². The van der Waals surface area contributed by atoms with Gasteiger partial charge in [-0.1, -0.05) is 27.2 Å². The van der Waals surface area contributed by atoms with Gasteiger partial charge in [-0.25, -0.2) is 9.59 Å². The first kappa shape index (κ1) is 20.3. The number of anilines is 1. The third-order valence-corrected chi connectivity index (χ3v) is 5.18. The summed E-state index contributed by atoms with van der Waals surface area (Å²) in [6.07, 6.45) is 3.06. The number of ether oxygens (including phenoxy) is 2. The number of carbonyl (C=O) groups excluding carboxylic acids is 2. The number of carbonyl (C=O) groups is 2. The highest BCUT2D eigenvalue weighted by Crippen LogP contribution is 2.35. The lowest BCUT2D eigenvalue weighted by molar-refractivity contribution is -0.159. The lowest BCUT2D eigenvalue weighted by atomic mass is 9.75. The summed E-state index contributed by atoms with van der Waals surface area (Å²) in [6, 6.07) is 7.07. The van der Waals surface area contributed by atoms with E-state index in [4.69, 9.17) is 9.47 Å². The summed E-state index contributed by atoms with van der Waals surface area (Å²) in [7, 11) is 3.86. The first-order valence-electron chi connectivity index (χ1n) is 9.42. The minimum atomic E-state index is -0.510. The van der Waals surface area contributed by atoms with Crippen LogP contribution in [0.4, 0.5) is 5.69 Å². The Bertz CT molecular complexity index is 609. The molecule has 0 N–H and O–H groups in total. The number of esters is 2. The maximum atomic E-state index is 12.2. The first-order valence-corrected chi connectivity index (χ1v) is 9.42. The molecule has 1 aliphatic carbocycles. The van der Waals surface area contributed by atoms with Gasteiger partial charge in [0.15, 0.2) is 6.61 Å². The van der Waals surface area contributed by atoms with Crippen LogP contribution in [0.1, 0.15) is 50.4 Å². The molecular weight excluding hydrogens is 330 g/mol. The van der Waals surface area contributed by atoms with Crippen LogP contribution >= 0.6 is 0 Å². The van der Waals surface area contributed by atoms with E-state index in [1.807, 2.05) is 31.1 Å². The predicted molar refractivity (Wildman–Crippen MR) is 102 cm³/mol. The molecule has 5 nitrogen and oxygen atoms in total. The van der Waals surface area contributed by atoms with Crippen LogP contribution in [0, 0.1) is 17.8 Å².